The number of hydroxylamine groups is 1. The van der Waals surface area contributed by atoms with Gasteiger partial charge in [0, 0.05) is 12.7 Å². The normalized spacial score (nSPS) is 12.5. The van der Waals surface area contributed by atoms with Gasteiger partial charge in [-0.3, -0.25) is 9.63 Å². The fraction of sp³-hybridized carbons (Fsp3) is 0.300. The summed E-state index contributed by atoms with van der Waals surface area (Å²) in [5.41, 5.74) is 2.59. The van der Waals surface area contributed by atoms with Gasteiger partial charge in [-0.25, -0.2) is 13.2 Å². The first kappa shape index (κ1) is 22.5. The van der Waals surface area contributed by atoms with Crippen LogP contribution in [0.5, 0.6) is 0 Å². The molecule has 0 saturated heterocycles. The predicted molar refractivity (Wildman–Crippen MR) is 108 cm³/mol. The molecule has 0 spiro atoms. The number of hydrogen-bond donors (Lipinski definition) is 1. The SMILES string of the molecule is CON(C)S(=O)(=O)c1ccc(C(=O)O[C@@H](C)C(=O)Nc2c(C)cccc2C)cc1. The lowest BCUT2D eigenvalue weighted by molar-refractivity contribution is -0.123. The molecule has 1 atom stereocenters. The van der Waals surface area contributed by atoms with E-state index >= 15 is 0 Å². The van der Waals surface area contributed by atoms with Gasteiger partial charge in [-0.2, -0.15) is 0 Å². The summed E-state index contributed by atoms with van der Waals surface area (Å²) in [5.74, 6) is -1.20. The second-order valence-corrected chi connectivity index (χ2v) is 8.36. The summed E-state index contributed by atoms with van der Waals surface area (Å²) >= 11 is 0. The van der Waals surface area contributed by atoms with Crippen molar-refractivity contribution < 1.29 is 27.6 Å². The Bertz CT molecular complexity index is 982. The number of carbonyl (C=O) groups excluding carboxylic acids is 2. The first-order valence-electron chi connectivity index (χ1n) is 8.79. The lowest BCUT2D eigenvalue weighted by Crippen LogP contribution is -2.30. The van der Waals surface area contributed by atoms with Crippen LogP contribution in [0.1, 0.15) is 28.4 Å². The zero-order valence-electron chi connectivity index (χ0n) is 16.9. The summed E-state index contributed by atoms with van der Waals surface area (Å²) in [7, 11) is -1.33. The number of benzene rings is 2. The maximum Gasteiger partial charge on any atom is 0.338 e. The van der Waals surface area contributed by atoms with Crippen LogP contribution in [0.4, 0.5) is 5.69 Å². The molecule has 0 bridgehead atoms. The molecule has 1 N–H and O–H groups in total. The molecule has 1 amide bonds. The number of hydrogen-bond acceptors (Lipinski definition) is 6. The largest absolute Gasteiger partial charge is 0.449 e. The first-order valence-corrected chi connectivity index (χ1v) is 10.2. The fourth-order valence-electron chi connectivity index (χ4n) is 2.53. The highest BCUT2D eigenvalue weighted by Crippen LogP contribution is 2.20. The zero-order chi connectivity index (χ0) is 21.8. The molecule has 2 aromatic carbocycles. The molecule has 0 aromatic heterocycles. The molecule has 9 heteroatoms. The number of nitrogens with one attached hydrogen (secondary N) is 1. The maximum absolute atomic E-state index is 12.4. The van der Waals surface area contributed by atoms with Crippen LogP contribution in [-0.4, -0.2) is 45.0 Å². The molecular formula is C20H24N2O6S. The van der Waals surface area contributed by atoms with Crippen LogP contribution < -0.4 is 5.32 Å². The van der Waals surface area contributed by atoms with Gasteiger partial charge in [0.05, 0.1) is 17.6 Å². The standard InChI is InChI=1S/C20H24N2O6S/c1-13-7-6-8-14(2)18(13)21-19(23)15(3)28-20(24)16-9-11-17(12-10-16)29(25,26)22(4)27-5/h6-12,15H,1-5H3,(H,21,23)/t15-/m0/s1. The molecule has 0 heterocycles. The van der Waals surface area contributed by atoms with E-state index in [1.807, 2.05) is 32.0 Å². The molecule has 0 aliphatic heterocycles. The average molecular weight is 420 g/mol. The Hall–Kier alpha value is -2.75. The van der Waals surface area contributed by atoms with Gasteiger partial charge >= 0.3 is 5.97 Å². The molecule has 29 heavy (non-hydrogen) atoms. The summed E-state index contributed by atoms with van der Waals surface area (Å²) in [6, 6.07) is 10.8. The van der Waals surface area contributed by atoms with Crippen LogP contribution in [0, 0.1) is 13.8 Å². The van der Waals surface area contributed by atoms with Crippen molar-refractivity contribution in [1.29, 1.82) is 0 Å². The van der Waals surface area contributed by atoms with Crippen molar-refractivity contribution in [1.82, 2.24) is 4.47 Å². The predicted octanol–water partition coefficient (Wildman–Crippen LogP) is 2.67. The van der Waals surface area contributed by atoms with Gasteiger partial charge < -0.3 is 10.1 Å². The van der Waals surface area contributed by atoms with E-state index < -0.39 is 28.0 Å². The first-order chi connectivity index (χ1) is 13.6. The van der Waals surface area contributed by atoms with Crippen molar-refractivity contribution in [2.24, 2.45) is 0 Å². The van der Waals surface area contributed by atoms with E-state index in [0.29, 0.717) is 10.2 Å². The number of ether oxygens (including phenoxy) is 1. The van der Waals surface area contributed by atoms with E-state index in [4.69, 9.17) is 9.57 Å². The van der Waals surface area contributed by atoms with E-state index in [1.165, 1.54) is 45.3 Å². The van der Waals surface area contributed by atoms with Gasteiger partial charge in [-0.05, 0) is 56.2 Å². The zero-order valence-corrected chi connectivity index (χ0v) is 17.7. The molecule has 2 aromatic rings. The van der Waals surface area contributed by atoms with E-state index in [-0.39, 0.29) is 10.5 Å². The number of anilines is 1. The Morgan fingerprint density at radius 1 is 1.03 bits per heavy atom. The second kappa shape index (κ2) is 9.17. The number of esters is 1. The van der Waals surface area contributed by atoms with Gasteiger partial charge in [0.1, 0.15) is 0 Å². The topological polar surface area (TPSA) is 102 Å². The highest BCUT2D eigenvalue weighted by atomic mass is 32.2. The number of nitrogens with zero attached hydrogens (tertiary/aromatic N) is 1. The Morgan fingerprint density at radius 3 is 2.10 bits per heavy atom. The number of para-hydroxylation sites is 1. The third kappa shape index (κ3) is 5.20. The van der Waals surface area contributed by atoms with Crippen LogP contribution in [0.2, 0.25) is 0 Å². The minimum atomic E-state index is -3.82. The Balaban J connectivity index is 2.07. The van der Waals surface area contributed by atoms with E-state index in [2.05, 4.69) is 5.32 Å². The molecule has 0 aliphatic carbocycles. The van der Waals surface area contributed by atoms with E-state index in [9.17, 15) is 18.0 Å². The van der Waals surface area contributed by atoms with Gasteiger partial charge in [0.15, 0.2) is 6.10 Å². The van der Waals surface area contributed by atoms with Crippen LogP contribution in [0.15, 0.2) is 47.4 Å². The van der Waals surface area contributed by atoms with Gasteiger partial charge in [0.2, 0.25) is 0 Å². The molecule has 0 radical (unpaired) electrons. The van der Waals surface area contributed by atoms with Crippen LogP contribution in [0.3, 0.4) is 0 Å². The highest BCUT2D eigenvalue weighted by Gasteiger charge is 2.23. The summed E-state index contributed by atoms with van der Waals surface area (Å²) < 4.78 is 30.3. The number of sulfonamides is 1. The van der Waals surface area contributed by atoms with Crippen molar-refractivity contribution in [3.05, 3.63) is 59.2 Å². The molecule has 156 valence electrons. The van der Waals surface area contributed by atoms with Crippen molar-refractivity contribution in [3.8, 4) is 0 Å². The smallest absolute Gasteiger partial charge is 0.338 e. The number of carbonyl (C=O) groups is 2. The molecule has 8 nitrogen and oxygen atoms in total. The minimum absolute atomic E-state index is 0.0424. The number of amides is 1. The van der Waals surface area contributed by atoms with E-state index in [1.54, 1.807) is 0 Å². The van der Waals surface area contributed by atoms with Crippen molar-refractivity contribution in [2.45, 2.75) is 31.8 Å². The number of aryl methyl sites for hydroxylation is 2. The van der Waals surface area contributed by atoms with Crippen molar-refractivity contribution in [2.75, 3.05) is 19.5 Å². The van der Waals surface area contributed by atoms with Crippen LogP contribution >= 0.6 is 0 Å². The summed E-state index contributed by atoms with van der Waals surface area (Å²) in [6.45, 7) is 5.21. The third-order valence-electron chi connectivity index (χ3n) is 4.37. The monoisotopic (exact) mass is 420 g/mol. The third-order valence-corrected chi connectivity index (χ3v) is 6.06. The van der Waals surface area contributed by atoms with Crippen molar-refractivity contribution in [3.63, 3.8) is 0 Å². The summed E-state index contributed by atoms with van der Waals surface area (Å²) in [5, 5.41) is 2.77. The quantitative estimate of drug-likeness (QED) is 0.546. The highest BCUT2D eigenvalue weighted by molar-refractivity contribution is 7.89. The van der Waals surface area contributed by atoms with Crippen LogP contribution in [-0.2, 0) is 24.4 Å². The van der Waals surface area contributed by atoms with Gasteiger partial charge in [0.25, 0.3) is 15.9 Å². The summed E-state index contributed by atoms with van der Waals surface area (Å²) in [6.07, 6.45) is -1.04. The van der Waals surface area contributed by atoms with E-state index in [0.717, 1.165) is 11.1 Å². The lowest BCUT2D eigenvalue weighted by Gasteiger charge is -2.16. The lowest BCUT2D eigenvalue weighted by atomic mass is 10.1. The number of rotatable bonds is 7. The second-order valence-electron chi connectivity index (χ2n) is 6.43. The molecule has 0 saturated carbocycles. The molecule has 0 aliphatic rings. The molecule has 0 unspecified atom stereocenters. The minimum Gasteiger partial charge on any atom is -0.449 e. The Labute approximate surface area is 170 Å². The molecule has 0 fully saturated rings. The Morgan fingerprint density at radius 2 is 1.59 bits per heavy atom. The Kier molecular flexibility index (Phi) is 7.12. The summed E-state index contributed by atoms with van der Waals surface area (Å²) in [4.78, 5) is 29.4. The maximum atomic E-state index is 12.4. The molecular weight excluding hydrogens is 396 g/mol. The molecule has 2 rings (SSSR count). The average Bonchev–Trinajstić information content (AvgIpc) is 2.69. The fourth-order valence-corrected chi connectivity index (χ4v) is 3.50. The van der Waals surface area contributed by atoms with Gasteiger partial charge in [-0.15, -0.1) is 0 Å². The van der Waals surface area contributed by atoms with Crippen molar-refractivity contribution >= 4 is 27.6 Å². The van der Waals surface area contributed by atoms with Crippen LogP contribution in [0.25, 0.3) is 0 Å². The van der Waals surface area contributed by atoms with Gasteiger partial charge in [-0.1, -0.05) is 22.7 Å².